The Kier molecular flexibility index (Phi) is 5.32. The molecular weight excluding hydrogens is 328 g/mol. The van der Waals surface area contributed by atoms with Gasteiger partial charge in [0.2, 0.25) is 0 Å². The predicted octanol–water partition coefficient (Wildman–Crippen LogP) is 0.998. The van der Waals surface area contributed by atoms with E-state index in [0.717, 1.165) is 12.5 Å². The summed E-state index contributed by atoms with van der Waals surface area (Å²) in [5, 5.41) is 3.11. The van der Waals surface area contributed by atoms with E-state index in [-0.39, 0.29) is 19.8 Å². The van der Waals surface area contributed by atoms with Crippen LogP contribution in [0, 0.1) is 0 Å². The molecule has 12 heavy (non-hydrogen) atoms. The summed E-state index contributed by atoms with van der Waals surface area (Å²) >= 11 is 0. The Morgan fingerprint density at radius 1 is 1.58 bits per heavy atom. The van der Waals surface area contributed by atoms with Crippen LogP contribution in [0.4, 0.5) is 5.95 Å². The van der Waals surface area contributed by atoms with E-state index in [9.17, 15) is 0 Å². The van der Waals surface area contributed by atoms with E-state index in [1.807, 2.05) is 17.0 Å². The van der Waals surface area contributed by atoms with Crippen molar-refractivity contribution in [2.75, 3.05) is 11.9 Å². The first-order chi connectivity index (χ1) is 5.38. The monoisotopic (exact) mass is 342 g/mol. The molecular formula is C8H12N3Os+5. The van der Waals surface area contributed by atoms with Crippen molar-refractivity contribution >= 4 is 12.1 Å². The summed E-state index contributed by atoms with van der Waals surface area (Å²) in [4.78, 5) is 3.02. The topological polar surface area (TPSA) is 31.7 Å². The van der Waals surface area contributed by atoms with Gasteiger partial charge in [0, 0.05) is 0 Å². The van der Waals surface area contributed by atoms with E-state index in [2.05, 4.69) is 23.5 Å². The predicted molar refractivity (Wildman–Crippen MR) is 46.1 cm³/mol. The summed E-state index contributed by atoms with van der Waals surface area (Å²) in [7, 11) is 0. The number of nitrogens with one attached hydrogen (secondary N) is 2. The van der Waals surface area contributed by atoms with E-state index in [0.29, 0.717) is 0 Å². The molecule has 2 N–H and O–H groups in total. The molecule has 0 radical (unpaired) electrons. The largest absolute Gasteiger partial charge is 4.00 e. The van der Waals surface area contributed by atoms with Gasteiger partial charge in [-0.15, -0.1) is 0 Å². The summed E-state index contributed by atoms with van der Waals surface area (Å²) < 4.78 is 1.86. The maximum Gasteiger partial charge on any atom is 4.00 e. The number of anilines is 1. The molecule has 1 aromatic heterocycles. The molecule has 0 aliphatic heterocycles. The number of hydrogen-bond acceptors (Lipinski definition) is 1. The van der Waals surface area contributed by atoms with Gasteiger partial charge in [-0.25, -0.2) is 9.55 Å². The van der Waals surface area contributed by atoms with Gasteiger partial charge in [-0.3, -0.25) is 5.32 Å². The molecule has 0 fully saturated rings. The fourth-order valence-corrected chi connectivity index (χ4v) is 0.809. The first kappa shape index (κ1) is 11.1. The van der Waals surface area contributed by atoms with Crippen LogP contribution in [-0.2, 0) is 19.8 Å². The summed E-state index contributed by atoms with van der Waals surface area (Å²) in [5.41, 5.74) is 0. The van der Waals surface area contributed by atoms with Gasteiger partial charge in [-0.1, -0.05) is 19.2 Å². The maximum absolute atomic E-state index is 3.65. The third kappa shape index (κ3) is 2.63. The van der Waals surface area contributed by atoms with Crippen molar-refractivity contribution in [3.63, 3.8) is 0 Å². The van der Waals surface area contributed by atoms with Crippen LogP contribution in [0.5, 0.6) is 0 Å². The van der Waals surface area contributed by atoms with Crippen molar-refractivity contribution in [1.82, 2.24) is 4.98 Å². The van der Waals surface area contributed by atoms with E-state index in [1.165, 1.54) is 0 Å². The second-order valence-corrected chi connectivity index (χ2v) is 2.07. The summed E-state index contributed by atoms with van der Waals surface area (Å²) in [6.45, 7) is 8.00. The molecule has 0 spiro atoms. The third-order valence-electron chi connectivity index (χ3n) is 1.32. The van der Waals surface area contributed by atoms with Gasteiger partial charge < -0.3 is 0 Å². The Morgan fingerprint density at radius 2 is 2.33 bits per heavy atom. The van der Waals surface area contributed by atoms with Gasteiger partial charge >= 0.3 is 25.7 Å². The minimum Gasteiger partial charge on any atom is -0.273 e. The number of rotatable bonds is 4. The second-order valence-electron chi connectivity index (χ2n) is 2.07. The van der Waals surface area contributed by atoms with E-state index in [1.54, 1.807) is 12.3 Å². The molecule has 1 rings (SSSR count). The summed E-state index contributed by atoms with van der Waals surface area (Å²) in [5.74, 6) is 0.917. The molecule has 0 amide bonds. The minimum atomic E-state index is 0. The minimum absolute atomic E-state index is 0. The number of aromatic nitrogens is 2. The average Bonchev–Trinajstić information content (AvgIpc) is 2.47. The summed E-state index contributed by atoms with van der Waals surface area (Å²) in [6, 6.07) is 0. The summed E-state index contributed by atoms with van der Waals surface area (Å²) in [6.07, 6.45) is 7.25. The Morgan fingerprint density at radius 3 is 2.92 bits per heavy atom. The number of nitrogens with zero attached hydrogens (tertiary/aromatic N) is 1. The van der Waals surface area contributed by atoms with Crippen molar-refractivity contribution in [3.8, 4) is 0 Å². The molecule has 4 heteroatoms. The van der Waals surface area contributed by atoms with Gasteiger partial charge in [-0.05, 0) is 0 Å². The van der Waals surface area contributed by atoms with Crippen LogP contribution in [0.1, 0.15) is 0 Å². The molecule has 1 aromatic rings. The molecule has 0 saturated carbocycles. The van der Waals surface area contributed by atoms with Gasteiger partial charge in [0.05, 0.1) is 18.9 Å². The molecule has 0 bridgehead atoms. The zero-order chi connectivity index (χ0) is 8.10. The fraction of sp³-hybridized carbons (Fsp3) is 0.125. The smallest absolute Gasteiger partial charge is 0.273 e. The van der Waals surface area contributed by atoms with E-state index >= 15 is 0 Å². The van der Waals surface area contributed by atoms with Gasteiger partial charge in [0.25, 0.3) is 0 Å². The van der Waals surface area contributed by atoms with Crippen LogP contribution in [0.2, 0.25) is 0 Å². The number of imidazole rings is 1. The van der Waals surface area contributed by atoms with E-state index < -0.39 is 0 Å². The Labute approximate surface area is 85.2 Å². The second kappa shape index (κ2) is 5.74. The van der Waals surface area contributed by atoms with Crippen LogP contribution in [-0.4, -0.2) is 11.5 Å². The number of hydrogen-bond donors (Lipinski definition) is 2. The normalized spacial score (nSPS) is 8.33. The van der Waals surface area contributed by atoms with Crippen molar-refractivity contribution in [2.24, 2.45) is 0 Å². The van der Waals surface area contributed by atoms with Crippen LogP contribution in [0.3, 0.4) is 0 Å². The van der Waals surface area contributed by atoms with Crippen molar-refractivity contribution in [3.05, 3.63) is 31.6 Å². The fourth-order valence-electron chi connectivity index (χ4n) is 0.809. The van der Waals surface area contributed by atoms with E-state index in [4.69, 9.17) is 0 Å². The number of H-pyrrole nitrogens is 1. The van der Waals surface area contributed by atoms with Gasteiger partial charge in [0.15, 0.2) is 0 Å². The third-order valence-corrected chi connectivity index (χ3v) is 1.32. The van der Waals surface area contributed by atoms with Crippen LogP contribution < -0.4 is 9.88 Å². The zero-order valence-corrected chi connectivity index (χ0v) is 9.27. The molecule has 0 atom stereocenters. The number of aromatic amines is 1. The van der Waals surface area contributed by atoms with Crippen LogP contribution in [0.25, 0.3) is 6.20 Å². The maximum atomic E-state index is 3.65. The molecule has 62 valence electrons. The molecule has 0 aliphatic rings. The van der Waals surface area contributed by atoms with Crippen LogP contribution in [0.15, 0.2) is 31.6 Å². The Hall–Kier alpha value is -0.874. The average molecular weight is 340 g/mol. The first-order valence-corrected chi connectivity index (χ1v) is 3.44. The Balaban J connectivity index is 0.00000121. The SMILES string of the molecule is C=CCNc1[nH]cc[n+]1C=C.[Os+4]. The van der Waals surface area contributed by atoms with Crippen molar-refractivity contribution in [2.45, 2.75) is 0 Å². The van der Waals surface area contributed by atoms with Gasteiger partial charge in [0.1, 0.15) is 6.20 Å². The van der Waals surface area contributed by atoms with Crippen molar-refractivity contribution in [1.29, 1.82) is 0 Å². The zero-order valence-electron chi connectivity index (χ0n) is 6.73. The molecule has 0 aliphatic carbocycles. The quantitative estimate of drug-likeness (QED) is 0.622. The molecule has 0 saturated heterocycles. The molecule has 0 aromatic carbocycles. The molecule has 1 heterocycles. The molecule has 0 unspecified atom stereocenters. The first-order valence-electron chi connectivity index (χ1n) is 3.44. The standard InChI is InChI=1S/C8H11N3.Os/c1-3-5-9-8-10-6-7-11(8)4-2;/h3-4,6-7H,1-2,5H2,(H,9,10);/q;+4/p+1. The van der Waals surface area contributed by atoms with Gasteiger partial charge in [-0.2, -0.15) is 0 Å². The Bertz CT molecular complexity index is 255. The molecule has 3 nitrogen and oxygen atoms in total. The van der Waals surface area contributed by atoms with Crippen molar-refractivity contribution < 1.29 is 24.4 Å². The van der Waals surface area contributed by atoms with Crippen LogP contribution >= 0.6 is 0 Å².